The summed E-state index contributed by atoms with van der Waals surface area (Å²) in [6.07, 6.45) is -1.87. The molecular formula is C9H9N. The lowest BCUT2D eigenvalue weighted by Crippen LogP contribution is -1.79. The maximum absolute atomic E-state index is 8.49. The van der Waals surface area contributed by atoms with Crippen LogP contribution >= 0.6 is 0 Å². The summed E-state index contributed by atoms with van der Waals surface area (Å²) >= 11 is 0. The molecule has 0 amide bonds. The monoisotopic (exact) mass is 133 g/mol. The van der Waals surface area contributed by atoms with E-state index >= 15 is 0 Å². The fourth-order valence-corrected chi connectivity index (χ4v) is 0.701. The summed E-state index contributed by atoms with van der Waals surface area (Å²) in [5, 5.41) is 8.49. The van der Waals surface area contributed by atoms with Crippen molar-refractivity contribution in [3.8, 4) is 6.07 Å². The van der Waals surface area contributed by atoms with Gasteiger partial charge in [0.1, 0.15) is 0 Å². The second-order valence-electron chi connectivity index (χ2n) is 2.10. The number of rotatable bonds is 1. The molecule has 0 radical (unpaired) electrons. The Morgan fingerprint density at radius 3 is 2.60 bits per heavy atom. The van der Waals surface area contributed by atoms with Crippen LogP contribution in [0, 0.1) is 18.3 Å². The Hall–Kier alpha value is -1.29. The molecule has 0 bridgehead atoms. The van der Waals surface area contributed by atoms with Gasteiger partial charge in [-0.1, -0.05) is 29.8 Å². The normalized spacial score (nSPS) is 13.2. The van der Waals surface area contributed by atoms with Crippen molar-refractivity contribution >= 4 is 0 Å². The quantitative estimate of drug-likeness (QED) is 0.575. The van der Waals surface area contributed by atoms with Crippen LogP contribution in [0.15, 0.2) is 24.3 Å². The number of benzene rings is 1. The van der Waals surface area contributed by atoms with E-state index in [4.69, 9.17) is 8.00 Å². The van der Waals surface area contributed by atoms with Crippen LogP contribution in [-0.2, 0) is 6.37 Å². The second kappa shape index (κ2) is 3.03. The summed E-state index contributed by atoms with van der Waals surface area (Å²) < 4.78 is 14.6. The van der Waals surface area contributed by atoms with Crippen molar-refractivity contribution in [2.24, 2.45) is 0 Å². The number of nitriles is 1. The zero-order valence-corrected chi connectivity index (χ0v) is 5.76. The van der Waals surface area contributed by atoms with Gasteiger partial charge in [-0.15, -0.1) is 0 Å². The molecule has 0 saturated carbocycles. The first-order valence-corrected chi connectivity index (χ1v) is 3.04. The van der Waals surface area contributed by atoms with E-state index in [2.05, 4.69) is 0 Å². The third-order valence-corrected chi connectivity index (χ3v) is 1.25. The van der Waals surface area contributed by atoms with E-state index in [9.17, 15) is 0 Å². The zero-order chi connectivity index (χ0) is 9.19. The van der Waals surface area contributed by atoms with Crippen molar-refractivity contribution < 1.29 is 2.74 Å². The standard InChI is InChI=1S/C9H9N/c1-8-2-4-9(5-3-8)6-7-10/h2-5H,6H2,1H3/i6D2. The minimum Gasteiger partial charge on any atom is -0.198 e. The largest absolute Gasteiger partial charge is 0.198 e. The first-order chi connectivity index (χ1) is 5.56. The molecule has 0 aliphatic carbocycles. The van der Waals surface area contributed by atoms with E-state index < -0.39 is 6.37 Å². The van der Waals surface area contributed by atoms with Gasteiger partial charge in [-0.3, -0.25) is 0 Å². The summed E-state index contributed by atoms with van der Waals surface area (Å²) in [5.41, 5.74) is 1.48. The predicted molar refractivity (Wildman–Crippen MR) is 40.5 cm³/mol. The first kappa shape index (κ1) is 4.51. The highest BCUT2D eigenvalue weighted by Crippen LogP contribution is 2.02. The second-order valence-corrected chi connectivity index (χ2v) is 2.10. The number of hydrogen-bond acceptors (Lipinski definition) is 1. The molecular weight excluding hydrogens is 122 g/mol. The van der Waals surface area contributed by atoms with Gasteiger partial charge in [0.05, 0.1) is 12.4 Å². The van der Waals surface area contributed by atoms with Gasteiger partial charge in [0.2, 0.25) is 0 Å². The van der Waals surface area contributed by atoms with Gasteiger partial charge < -0.3 is 0 Å². The molecule has 10 heavy (non-hydrogen) atoms. The van der Waals surface area contributed by atoms with Crippen molar-refractivity contribution in [2.75, 3.05) is 0 Å². The van der Waals surface area contributed by atoms with E-state index in [0.29, 0.717) is 5.56 Å². The molecule has 1 heteroatoms. The van der Waals surface area contributed by atoms with Gasteiger partial charge in [-0.2, -0.15) is 5.26 Å². The number of aryl methyl sites for hydroxylation is 1. The molecule has 1 rings (SSSR count). The van der Waals surface area contributed by atoms with Crippen molar-refractivity contribution in [3.05, 3.63) is 35.4 Å². The summed E-state index contributed by atoms with van der Waals surface area (Å²) in [4.78, 5) is 0. The maximum atomic E-state index is 8.49. The summed E-state index contributed by atoms with van der Waals surface area (Å²) in [6, 6.07) is 8.48. The van der Waals surface area contributed by atoms with Crippen LogP contribution in [0.4, 0.5) is 0 Å². The van der Waals surface area contributed by atoms with Gasteiger partial charge in [0.25, 0.3) is 0 Å². The molecule has 1 aromatic rings. The highest BCUT2D eigenvalue weighted by atomic mass is 14.2. The van der Waals surface area contributed by atoms with Crippen LogP contribution < -0.4 is 0 Å². The van der Waals surface area contributed by atoms with Crippen molar-refractivity contribution in [3.63, 3.8) is 0 Å². The van der Waals surface area contributed by atoms with Crippen molar-refractivity contribution in [1.29, 1.82) is 5.26 Å². The molecule has 50 valence electrons. The number of hydrogen-bond donors (Lipinski definition) is 0. The average Bonchev–Trinajstić information content (AvgIpc) is 2.05. The minimum absolute atomic E-state index is 0.413. The minimum atomic E-state index is -1.87. The third kappa shape index (κ3) is 1.60. The lowest BCUT2D eigenvalue weighted by Gasteiger charge is -1.93. The van der Waals surface area contributed by atoms with Gasteiger partial charge in [0.15, 0.2) is 0 Å². The smallest absolute Gasteiger partial charge is 0.0669 e. The van der Waals surface area contributed by atoms with Crippen LogP contribution in [0.25, 0.3) is 0 Å². The van der Waals surface area contributed by atoms with E-state index in [1.807, 2.05) is 6.92 Å². The van der Waals surface area contributed by atoms with Gasteiger partial charge in [-0.05, 0) is 12.5 Å². The van der Waals surface area contributed by atoms with Crippen LogP contribution in [0.1, 0.15) is 13.9 Å². The Morgan fingerprint density at radius 1 is 1.50 bits per heavy atom. The summed E-state index contributed by atoms with van der Waals surface area (Å²) in [7, 11) is 0. The first-order valence-electron chi connectivity index (χ1n) is 4.04. The predicted octanol–water partition coefficient (Wildman–Crippen LogP) is 2.06. The van der Waals surface area contributed by atoms with Crippen molar-refractivity contribution in [1.82, 2.24) is 0 Å². The maximum Gasteiger partial charge on any atom is 0.0669 e. The Bertz CT molecular complexity index is 308. The zero-order valence-electron chi connectivity index (χ0n) is 7.76. The van der Waals surface area contributed by atoms with E-state index in [1.54, 1.807) is 30.3 Å². The van der Waals surface area contributed by atoms with Crippen LogP contribution in [0.5, 0.6) is 0 Å². The topological polar surface area (TPSA) is 23.8 Å². The Kier molecular flexibility index (Phi) is 1.37. The van der Waals surface area contributed by atoms with Gasteiger partial charge in [0, 0.05) is 2.74 Å². The average molecular weight is 133 g/mol. The molecule has 0 fully saturated rings. The number of nitrogens with zero attached hydrogens (tertiary/aromatic N) is 1. The molecule has 0 saturated heterocycles. The molecule has 0 N–H and O–H groups in total. The third-order valence-electron chi connectivity index (χ3n) is 1.25. The molecule has 1 nitrogen and oxygen atoms in total. The fraction of sp³-hybridized carbons (Fsp3) is 0.222. The SMILES string of the molecule is [2H]C([2H])(C#N)c1ccc(C)cc1. The van der Waals surface area contributed by atoms with Crippen LogP contribution in [0.2, 0.25) is 0 Å². The molecule has 0 spiro atoms. The van der Waals surface area contributed by atoms with Crippen molar-refractivity contribution in [2.45, 2.75) is 13.3 Å². The van der Waals surface area contributed by atoms with Crippen LogP contribution in [0.3, 0.4) is 0 Å². The molecule has 0 aromatic heterocycles. The highest BCUT2D eigenvalue weighted by molar-refractivity contribution is 5.23. The molecule has 0 aliphatic heterocycles. The fourth-order valence-electron chi connectivity index (χ4n) is 0.701. The highest BCUT2D eigenvalue weighted by Gasteiger charge is 1.88. The Labute approximate surface area is 63.7 Å². The summed E-state index contributed by atoms with van der Waals surface area (Å²) in [6.45, 7) is 1.92. The van der Waals surface area contributed by atoms with Gasteiger partial charge in [-0.25, -0.2) is 0 Å². The Balaban J connectivity index is 3.07. The molecule has 0 heterocycles. The van der Waals surface area contributed by atoms with E-state index in [-0.39, 0.29) is 0 Å². The van der Waals surface area contributed by atoms with Crippen LogP contribution in [-0.4, -0.2) is 0 Å². The van der Waals surface area contributed by atoms with E-state index in [1.165, 1.54) is 0 Å². The Morgan fingerprint density at radius 2 is 2.10 bits per heavy atom. The molecule has 0 aliphatic rings. The molecule has 0 unspecified atom stereocenters. The van der Waals surface area contributed by atoms with Gasteiger partial charge >= 0.3 is 0 Å². The summed E-state index contributed by atoms with van der Waals surface area (Å²) in [5.74, 6) is 0. The molecule has 0 atom stereocenters. The lowest BCUT2D eigenvalue weighted by molar-refractivity contribution is 1.25. The lowest BCUT2D eigenvalue weighted by atomic mass is 10.1. The van der Waals surface area contributed by atoms with E-state index in [0.717, 1.165) is 5.56 Å². The molecule has 1 aromatic carbocycles.